The third-order valence-electron chi connectivity index (χ3n) is 0.923. The fraction of sp³-hybridized carbons (Fsp3) is 0.667. The second-order valence-electron chi connectivity index (χ2n) is 2.34. The van der Waals surface area contributed by atoms with Crippen LogP contribution in [0.4, 0.5) is 0 Å². The van der Waals surface area contributed by atoms with Gasteiger partial charge in [0.2, 0.25) is 0 Å². The topological polar surface area (TPSA) is 40.1 Å². The molecule has 2 nitrogen and oxygen atoms in total. The largest absolute Gasteiger partial charge is 0.876 e. The Hall–Kier alpha value is -0.790. The van der Waals surface area contributed by atoms with E-state index in [1.807, 2.05) is 13.8 Å². The van der Waals surface area contributed by atoms with Crippen molar-refractivity contribution in [3.8, 4) is 0 Å². The standard InChI is InChI=1S/C6H12O.C3H6O/c1-3-5-6(7)4-2;1-3(2)4/h3-5H2,1-2H3;4H,1H2,2H3/p-1. The average Bonchev–Trinajstić information content (AvgIpc) is 1.87. The van der Waals surface area contributed by atoms with Crippen LogP contribution in [-0.2, 0) is 4.79 Å². The van der Waals surface area contributed by atoms with Gasteiger partial charge in [0.15, 0.2) is 0 Å². The second-order valence-corrected chi connectivity index (χ2v) is 2.34. The van der Waals surface area contributed by atoms with Crippen molar-refractivity contribution in [3.63, 3.8) is 0 Å². The van der Waals surface area contributed by atoms with Gasteiger partial charge in [-0.15, -0.1) is 12.3 Å². The summed E-state index contributed by atoms with van der Waals surface area (Å²) in [6.07, 6.45) is 2.46. The van der Waals surface area contributed by atoms with Gasteiger partial charge in [0.1, 0.15) is 5.78 Å². The molecule has 0 fully saturated rings. The van der Waals surface area contributed by atoms with Gasteiger partial charge in [-0.3, -0.25) is 4.79 Å². The molecule has 0 aliphatic rings. The highest BCUT2D eigenvalue weighted by Gasteiger charge is 1.91. The smallest absolute Gasteiger partial charge is 0.132 e. The van der Waals surface area contributed by atoms with Crippen molar-refractivity contribution in [2.24, 2.45) is 0 Å². The van der Waals surface area contributed by atoms with Gasteiger partial charge in [0.25, 0.3) is 0 Å². The molecule has 2 heteroatoms. The molecule has 0 aromatic carbocycles. The highest BCUT2D eigenvalue weighted by atomic mass is 16.3. The minimum atomic E-state index is -0.0833. The minimum absolute atomic E-state index is 0.0833. The molecule has 0 bridgehead atoms. The van der Waals surface area contributed by atoms with Crippen LogP contribution < -0.4 is 5.11 Å². The first-order valence-corrected chi connectivity index (χ1v) is 3.88. The zero-order chi connectivity index (χ0) is 9.28. The molecule has 11 heavy (non-hydrogen) atoms. The molecule has 0 radical (unpaired) electrons. The van der Waals surface area contributed by atoms with E-state index in [0.717, 1.165) is 12.8 Å². The van der Waals surface area contributed by atoms with Gasteiger partial charge in [-0.25, -0.2) is 0 Å². The van der Waals surface area contributed by atoms with Gasteiger partial charge >= 0.3 is 0 Å². The molecule has 0 heterocycles. The molecule has 66 valence electrons. The van der Waals surface area contributed by atoms with Crippen molar-refractivity contribution in [3.05, 3.63) is 12.3 Å². The predicted molar refractivity (Wildman–Crippen MR) is 45.0 cm³/mol. The molecule has 0 saturated carbocycles. The number of Topliss-reactive ketones (excluding diaryl/α,β-unsaturated/α-hetero) is 1. The number of hydrogen-bond donors (Lipinski definition) is 0. The molecule has 0 amide bonds. The van der Waals surface area contributed by atoms with Gasteiger partial charge in [0.05, 0.1) is 0 Å². The molecule has 0 aliphatic carbocycles. The highest BCUT2D eigenvalue weighted by molar-refractivity contribution is 5.77. The van der Waals surface area contributed by atoms with E-state index in [4.69, 9.17) is 0 Å². The van der Waals surface area contributed by atoms with E-state index in [1.165, 1.54) is 6.92 Å². The number of carbonyl (C=O) groups excluding carboxylic acids is 1. The molecule has 0 rings (SSSR count). The molecule has 0 aromatic rings. The van der Waals surface area contributed by atoms with Crippen molar-refractivity contribution in [1.82, 2.24) is 0 Å². The van der Waals surface area contributed by atoms with Gasteiger partial charge in [-0.2, -0.15) is 0 Å². The molecular formula is C9H17O2-. The molecule has 0 spiro atoms. The van der Waals surface area contributed by atoms with Crippen LogP contribution in [0.15, 0.2) is 12.3 Å². The lowest BCUT2D eigenvalue weighted by Crippen LogP contribution is -1.92. The molecule has 0 saturated heterocycles. The monoisotopic (exact) mass is 157 g/mol. The molecule has 0 atom stereocenters. The first-order valence-electron chi connectivity index (χ1n) is 3.88. The Morgan fingerprint density at radius 3 is 1.91 bits per heavy atom. The summed E-state index contributed by atoms with van der Waals surface area (Å²) < 4.78 is 0. The zero-order valence-electron chi connectivity index (χ0n) is 7.64. The summed E-state index contributed by atoms with van der Waals surface area (Å²) in [5.74, 6) is 0.294. The number of ketones is 1. The summed E-state index contributed by atoms with van der Waals surface area (Å²) in [6.45, 7) is 8.34. The van der Waals surface area contributed by atoms with E-state index < -0.39 is 0 Å². The van der Waals surface area contributed by atoms with Gasteiger partial charge in [-0.1, -0.05) is 20.8 Å². The summed E-state index contributed by atoms with van der Waals surface area (Å²) >= 11 is 0. The van der Waals surface area contributed by atoms with Crippen molar-refractivity contribution in [2.45, 2.75) is 40.0 Å². The molecule has 0 N–H and O–H groups in total. The molecule has 0 aliphatic heterocycles. The van der Waals surface area contributed by atoms with E-state index in [2.05, 4.69) is 6.58 Å². The fourth-order valence-electron chi connectivity index (χ4n) is 0.456. The third-order valence-corrected chi connectivity index (χ3v) is 0.923. The Kier molecular flexibility index (Phi) is 10.8. The van der Waals surface area contributed by atoms with Crippen molar-refractivity contribution < 1.29 is 9.90 Å². The van der Waals surface area contributed by atoms with Gasteiger partial charge < -0.3 is 5.11 Å². The fourth-order valence-corrected chi connectivity index (χ4v) is 0.456. The van der Waals surface area contributed by atoms with Crippen LogP contribution in [0.25, 0.3) is 0 Å². The molecule has 0 unspecified atom stereocenters. The number of carbonyl (C=O) groups is 1. The van der Waals surface area contributed by atoms with Gasteiger partial charge in [-0.05, 0) is 6.42 Å². The second kappa shape index (κ2) is 9.21. The summed E-state index contributed by atoms with van der Waals surface area (Å²) in [7, 11) is 0. The van der Waals surface area contributed by atoms with Gasteiger partial charge in [0, 0.05) is 12.8 Å². The molecular weight excluding hydrogens is 140 g/mol. The SMILES string of the molecule is C=C(C)[O-].CCCC(=O)CC. The van der Waals surface area contributed by atoms with Crippen LogP contribution in [-0.4, -0.2) is 5.78 Å². The predicted octanol–water partition coefficient (Wildman–Crippen LogP) is 1.65. The normalized spacial score (nSPS) is 7.91. The maximum Gasteiger partial charge on any atom is 0.132 e. The van der Waals surface area contributed by atoms with E-state index in [0.29, 0.717) is 12.2 Å². The Labute approximate surface area is 68.9 Å². The van der Waals surface area contributed by atoms with Crippen molar-refractivity contribution in [1.29, 1.82) is 0 Å². The Bertz CT molecular complexity index is 113. The average molecular weight is 157 g/mol. The lowest BCUT2D eigenvalue weighted by atomic mass is 10.2. The Balaban J connectivity index is 0. The van der Waals surface area contributed by atoms with Crippen molar-refractivity contribution >= 4 is 5.78 Å². The van der Waals surface area contributed by atoms with E-state index >= 15 is 0 Å². The summed E-state index contributed by atoms with van der Waals surface area (Å²) in [5, 5.41) is 9.33. The van der Waals surface area contributed by atoms with Crippen LogP contribution in [0, 0.1) is 0 Å². The first kappa shape index (κ1) is 12.8. The first-order chi connectivity index (χ1) is 5.04. The summed E-state index contributed by atoms with van der Waals surface area (Å²) in [4.78, 5) is 10.4. The lowest BCUT2D eigenvalue weighted by Gasteiger charge is -1.92. The molecule has 0 aromatic heterocycles. The number of allylic oxidation sites excluding steroid dienone is 1. The van der Waals surface area contributed by atoms with Crippen LogP contribution in [0.5, 0.6) is 0 Å². The Morgan fingerprint density at radius 2 is 1.82 bits per heavy atom. The summed E-state index contributed by atoms with van der Waals surface area (Å²) in [6, 6.07) is 0. The minimum Gasteiger partial charge on any atom is -0.876 e. The van der Waals surface area contributed by atoms with Crippen LogP contribution in [0.3, 0.4) is 0 Å². The van der Waals surface area contributed by atoms with E-state index in [9.17, 15) is 9.90 Å². The third kappa shape index (κ3) is 27.0. The van der Waals surface area contributed by atoms with Crippen molar-refractivity contribution in [2.75, 3.05) is 0 Å². The van der Waals surface area contributed by atoms with E-state index in [1.54, 1.807) is 0 Å². The maximum absolute atomic E-state index is 10.4. The lowest BCUT2D eigenvalue weighted by molar-refractivity contribution is -0.300. The number of hydrogen-bond acceptors (Lipinski definition) is 2. The maximum atomic E-state index is 10.4. The quantitative estimate of drug-likeness (QED) is 0.584. The highest BCUT2D eigenvalue weighted by Crippen LogP contribution is 1.90. The zero-order valence-corrected chi connectivity index (χ0v) is 7.64. The van der Waals surface area contributed by atoms with Crippen LogP contribution in [0.1, 0.15) is 40.0 Å². The Morgan fingerprint density at radius 1 is 1.45 bits per heavy atom. The van der Waals surface area contributed by atoms with Crippen LogP contribution in [0.2, 0.25) is 0 Å². The summed E-state index contributed by atoms with van der Waals surface area (Å²) in [5.41, 5.74) is 0. The van der Waals surface area contributed by atoms with Crippen LogP contribution >= 0.6 is 0 Å². The number of rotatable bonds is 3. The van der Waals surface area contributed by atoms with E-state index in [-0.39, 0.29) is 5.76 Å².